The molecule has 0 amide bonds. The fourth-order valence-electron chi connectivity index (χ4n) is 6.21. The van der Waals surface area contributed by atoms with Crippen LogP contribution in [0.2, 0.25) is 19.6 Å². The monoisotopic (exact) mass is 876 g/mol. The predicted molar refractivity (Wildman–Crippen MR) is 215 cm³/mol. The third-order valence-corrected chi connectivity index (χ3v) is 12.0. The van der Waals surface area contributed by atoms with Crippen LogP contribution in [0, 0.1) is 25.1 Å². The Morgan fingerprint density at radius 1 is 0.765 bits per heavy atom. The fourth-order valence-corrected chi connectivity index (χ4v) is 8.48. The van der Waals surface area contributed by atoms with Gasteiger partial charge in [0.25, 0.3) is 0 Å². The van der Waals surface area contributed by atoms with Crippen LogP contribution in [-0.2, 0) is 26.5 Å². The van der Waals surface area contributed by atoms with Crippen molar-refractivity contribution >= 4 is 66.7 Å². The van der Waals surface area contributed by atoms with Crippen molar-refractivity contribution in [3.05, 3.63) is 168 Å². The van der Waals surface area contributed by atoms with Crippen LogP contribution < -0.4 is 5.19 Å². The summed E-state index contributed by atoms with van der Waals surface area (Å²) in [5.41, 5.74) is 6.41. The minimum Gasteiger partial charge on any atom is -0.510 e. The molecular weight excluding hydrogens is 835 g/mol. The van der Waals surface area contributed by atoms with Crippen LogP contribution in [0.1, 0.15) is 23.5 Å². The summed E-state index contributed by atoms with van der Waals surface area (Å²) < 4.78 is 49.2. The first kappa shape index (κ1) is 29.0. The van der Waals surface area contributed by atoms with Crippen LogP contribution in [0.4, 0.5) is 0 Å². The van der Waals surface area contributed by atoms with Crippen LogP contribution in [-0.4, -0.2) is 13.1 Å². The number of para-hydroxylation sites is 1. The predicted octanol–water partition coefficient (Wildman–Crippen LogP) is 12.2. The van der Waals surface area contributed by atoms with Gasteiger partial charge < -0.3 is 9.40 Å². The number of pyridine rings is 1. The van der Waals surface area contributed by atoms with E-state index in [4.69, 9.17) is 16.3 Å². The number of hydrogen-bond acceptors (Lipinski definition) is 3. The first-order valence-electron chi connectivity index (χ1n) is 19.0. The molecule has 0 fully saturated rings. The summed E-state index contributed by atoms with van der Waals surface area (Å²) >= 11 is 1.61. The minimum atomic E-state index is -2.17. The first-order valence-corrected chi connectivity index (χ1v) is 20.9. The van der Waals surface area contributed by atoms with Gasteiger partial charge in [0.05, 0.1) is 8.07 Å². The van der Waals surface area contributed by atoms with E-state index in [-0.39, 0.29) is 20.1 Å². The summed E-state index contributed by atoms with van der Waals surface area (Å²) in [6, 6.07) is 49.9. The molecule has 3 heterocycles. The van der Waals surface area contributed by atoms with Gasteiger partial charge in [-0.05, 0) is 45.0 Å². The van der Waals surface area contributed by atoms with Crippen molar-refractivity contribution in [3.63, 3.8) is 0 Å². The van der Waals surface area contributed by atoms with Crippen molar-refractivity contribution in [2.45, 2.75) is 32.9 Å². The number of rotatable bonds is 5. The van der Waals surface area contributed by atoms with Crippen molar-refractivity contribution in [1.29, 1.82) is 0 Å². The number of nitrogens with zero attached hydrogens (tertiary/aromatic N) is 1. The Labute approximate surface area is 325 Å². The number of thiophene rings is 1. The number of benzene rings is 6. The SMILES string of the molecule is [2H]C([2H])([2H])c1c[c-]c(-c2ccc([Si](C)(C)C)cn2)c2sc3ccccc3c12.[2H]C([2H])(c1ccccc1)c1cc[c-]c(-c2[c-]ccc3c2oc2ccccc23)c1.[Ir+3]. The van der Waals surface area contributed by atoms with Crippen LogP contribution >= 0.6 is 11.3 Å². The maximum Gasteiger partial charge on any atom is 3.00 e. The number of aromatic nitrogens is 1. The van der Waals surface area contributed by atoms with E-state index in [0.29, 0.717) is 16.7 Å². The topological polar surface area (TPSA) is 26.0 Å². The molecule has 0 aliphatic carbocycles. The second-order valence-corrected chi connectivity index (χ2v) is 19.4. The molecule has 51 heavy (non-hydrogen) atoms. The summed E-state index contributed by atoms with van der Waals surface area (Å²) in [6.45, 7) is 4.72. The van der Waals surface area contributed by atoms with Gasteiger partial charge in [-0.2, -0.15) is 47.2 Å². The van der Waals surface area contributed by atoms with E-state index in [2.05, 4.69) is 43.9 Å². The molecule has 0 saturated heterocycles. The molecule has 0 atom stereocenters. The van der Waals surface area contributed by atoms with Crippen LogP contribution in [0.15, 0.2) is 138 Å². The van der Waals surface area contributed by atoms with E-state index in [1.165, 1.54) is 5.19 Å². The quantitative estimate of drug-likeness (QED) is 0.127. The smallest absolute Gasteiger partial charge is 0.510 e. The zero-order valence-electron chi connectivity index (χ0n) is 33.3. The van der Waals surface area contributed by atoms with Crippen molar-refractivity contribution in [2.75, 3.05) is 0 Å². The Bertz CT molecular complexity index is 2830. The number of furan rings is 1. The second kappa shape index (κ2) is 14.5. The Kier molecular flexibility index (Phi) is 8.26. The average molecular weight is 876 g/mol. The summed E-state index contributed by atoms with van der Waals surface area (Å²) in [7, 11) is -1.42. The Morgan fingerprint density at radius 2 is 1.53 bits per heavy atom. The molecule has 0 aliphatic heterocycles. The van der Waals surface area contributed by atoms with E-state index in [1.807, 2.05) is 109 Å². The molecular formula is C46H36IrNOSSi. The van der Waals surface area contributed by atoms with Gasteiger partial charge in [-0.15, -0.1) is 41.0 Å². The van der Waals surface area contributed by atoms with Crippen molar-refractivity contribution in [1.82, 2.24) is 4.98 Å². The third kappa shape index (κ3) is 7.00. The Morgan fingerprint density at radius 3 is 2.31 bits per heavy atom. The van der Waals surface area contributed by atoms with Crippen molar-refractivity contribution in [3.8, 4) is 22.4 Å². The van der Waals surface area contributed by atoms with Gasteiger partial charge in [0.1, 0.15) is 5.58 Å². The largest absolute Gasteiger partial charge is 3.00 e. The van der Waals surface area contributed by atoms with Gasteiger partial charge in [0.15, 0.2) is 0 Å². The number of fused-ring (bicyclic) bond motifs is 6. The first-order chi connectivity index (χ1) is 26.3. The molecule has 2 nitrogen and oxygen atoms in total. The normalized spacial score (nSPS) is 13.4. The summed E-state index contributed by atoms with van der Waals surface area (Å²) in [6.07, 6.45) is 0.360. The molecule has 5 heteroatoms. The van der Waals surface area contributed by atoms with E-state index >= 15 is 0 Å². The van der Waals surface area contributed by atoms with Crippen LogP contribution in [0.25, 0.3) is 64.5 Å². The Balaban J connectivity index is 0.000000169. The van der Waals surface area contributed by atoms with Gasteiger partial charge in [0.2, 0.25) is 0 Å². The molecule has 0 N–H and O–H groups in total. The molecule has 0 saturated carbocycles. The molecule has 0 spiro atoms. The zero-order valence-corrected chi connectivity index (χ0v) is 32.5. The molecule has 250 valence electrons. The maximum atomic E-state index is 8.64. The van der Waals surface area contributed by atoms with E-state index < -0.39 is 21.3 Å². The Hall–Kier alpha value is -4.64. The van der Waals surface area contributed by atoms with Gasteiger partial charge in [0, 0.05) is 28.7 Å². The number of hydrogen-bond donors (Lipinski definition) is 0. The van der Waals surface area contributed by atoms with Crippen LogP contribution in [0.3, 0.4) is 0 Å². The zero-order chi connectivity index (χ0) is 38.5. The van der Waals surface area contributed by atoms with Crippen molar-refractivity contribution in [2.24, 2.45) is 0 Å². The maximum absolute atomic E-state index is 8.64. The molecule has 9 rings (SSSR count). The standard InChI is InChI=1S/C25H16O.C21H20NSSi.Ir/c1-2-8-18(9-3-1)16-19-10-6-11-20(17-19)21-13-7-14-23-22-12-4-5-15-24(22)26-25(21)23;1-14-9-11-16(18-12-10-15(13-22-18)24(2,3)4)21-20(14)17-7-5-6-8-19(17)23-21;/h1-10,12,14-15,17H,16H2;5-10,12-13H,1-4H3;/q-2;-1;+3/i16D2;1D3;. The van der Waals surface area contributed by atoms with Gasteiger partial charge >= 0.3 is 20.1 Å². The molecule has 0 radical (unpaired) electrons. The van der Waals surface area contributed by atoms with Gasteiger partial charge in [-0.3, -0.25) is 0 Å². The fraction of sp³-hybridized carbons (Fsp3) is 0.109. The second-order valence-electron chi connectivity index (χ2n) is 13.2. The minimum absolute atomic E-state index is 0. The molecule has 0 bridgehead atoms. The average Bonchev–Trinajstić information content (AvgIpc) is 3.77. The van der Waals surface area contributed by atoms with Crippen molar-refractivity contribution < 1.29 is 31.4 Å². The summed E-state index contributed by atoms with van der Waals surface area (Å²) in [4.78, 5) is 4.70. The number of aryl methyl sites for hydroxylation is 1. The molecule has 9 aromatic rings. The summed E-state index contributed by atoms with van der Waals surface area (Å²) in [5, 5.41) is 5.17. The van der Waals surface area contributed by atoms with Crippen LogP contribution in [0.5, 0.6) is 0 Å². The third-order valence-electron chi connectivity index (χ3n) is 8.81. The van der Waals surface area contributed by atoms with E-state index in [9.17, 15) is 0 Å². The van der Waals surface area contributed by atoms with Gasteiger partial charge in [-0.25, -0.2) is 5.56 Å². The molecule has 0 aliphatic rings. The van der Waals surface area contributed by atoms with E-state index in [1.54, 1.807) is 29.5 Å². The van der Waals surface area contributed by atoms with Gasteiger partial charge in [-0.1, -0.05) is 116 Å². The molecule has 0 unspecified atom stereocenters. The molecule has 6 aromatic carbocycles. The van der Waals surface area contributed by atoms with E-state index in [0.717, 1.165) is 64.5 Å². The molecule has 3 aromatic heterocycles. The summed E-state index contributed by atoms with van der Waals surface area (Å²) in [5.74, 6) is 0.